The molecule has 0 bridgehead atoms. The molecule has 0 N–H and O–H groups in total. The quantitative estimate of drug-likeness (QED) is 0.454. The number of rotatable bonds is 7. The lowest BCUT2D eigenvalue weighted by Gasteiger charge is -2.30. The summed E-state index contributed by atoms with van der Waals surface area (Å²) < 4.78 is 7.62. The van der Waals surface area contributed by atoms with Gasteiger partial charge in [0.15, 0.2) is 5.16 Å². The van der Waals surface area contributed by atoms with E-state index in [1.807, 2.05) is 32.6 Å². The standard InChI is InChI=1S/C23H33N3O3S2/c1-14(2)26(15(3)4)19(27)13-30-23-24-21-20(17-9-5-6-10-18(17)31-21)22(28)25(23)12-16-8-7-11-29-16/h14-16H,5-13H2,1-4H3/t16-/m0/s1. The molecule has 4 rings (SSSR count). The molecule has 1 aliphatic carbocycles. The highest BCUT2D eigenvalue weighted by molar-refractivity contribution is 7.99. The van der Waals surface area contributed by atoms with E-state index in [-0.39, 0.29) is 35.4 Å². The molecule has 0 radical (unpaired) electrons. The number of thiophene rings is 1. The molecule has 170 valence electrons. The zero-order chi connectivity index (χ0) is 22.1. The fourth-order valence-electron chi connectivity index (χ4n) is 4.86. The van der Waals surface area contributed by atoms with Crippen LogP contribution >= 0.6 is 23.1 Å². The van der Waals surface area contributed by atoms with Crippen molar-refractivity contribution < 1.29 is 9.53 Å². The summed E-state index contributed by atoms with van der Waals surface area (Å²) in [4.78, 5) is 35.5. The van der Waals surface area contributed by atoms with Crippen LogP contribution in [0.25, 0.3) is 10.2 Å². The molecule has 8 heteroatoms. The van der Waals surface area contributed by atoms with Gasteiger partial charge in [0.2, 0.25) is 5.91 Å². The molecule has 6 nitrogen and oxygen atoms in total. The Bertz CT molecular complexity index is 998. The minimum absolute atomic E-state index is 0.0411. The fraction of sp³-hybridized carbons (Fsp3) is 0.696. The first-order chi connectivity index (χ1) is 14.9. The van der Waals surface area contributed by atoms with Crippen molar-refractivity contribution in [2.75, 3.05) is 12.4 Å². The topological polar surface area (TPSA) is 64.4 Å². The average molecular weight is 464 g/mol. The Morgan fingerprint density at radius 3 is 2.65 bits per heavy atom. The molecule has 0 spiro atoms. The van der Waals surface area contributed by atoms with Gasteiger partial charge in [-0.3, -0.25) is 14.2 Å². The third-order valence-corrected chi connectivity index (χ3v) is 8.32. The largest absolute Gasteiger partial charge is 0.376 e. The van der Waals surface area contributed by atoms with Crippen LogP contribution in [0.1, 0.15) is 63.8 Å². The van der Waals surface area contributed by atoms with E-state index in [2.05, 4.69) is 0 Å². The maximum absolute atomic E-state index is 13.6. The van der Waals surface area contributed by atoms with E-state index in [0.717, 1.165) is 48.9 Å². The van der Waals surface area contributed by atoms with Gasteiger partial charge in [-0.05, 0) is 71.8 Å². The van der Waals surface area contributed by atoms with E-state index in [1.54, 1.807) is 15.9 Å². The first kappa shape index (κ1) is 22.8. The van der Waals surface area contributed by atoms with Crippen LogP contribution < -0.4 is 5.56 Å². The summed E-state index contributed by atoms with van der Waals surface area (Å²) in [6.07, 6.45) is 6.36. The van der Waals surface area contributed by atoms with Gasteiger partial charge in [-0.2, -0.15) is 0 Å². The smallest absolute Gasteiger partial charge is 0.263 e. The lowest BCUT2D eigenvalue weighted by Crippen LogP contribution is -2.43. The number of aryl methyl sites for hydroxylation is 2. The maximum Gasteiger partial charge on any atom is 0.263 e. The van der Waals surface area contributed by atoms with Crippen molar-refractivity contribution in [3.8, 4) is 0 Å². The first-order valence-corrected chi connectivity index (χ1v) is 13.3. The summed E-state index contributed by atoms with van der Waals surface area (Å²) in [5, 5.41) is 1.45. The summed E-state index contributed by atoms with van der Waals surface area (Å²) in [7, 11) is 0. The summed E-state index contributed by atoms with van der Waals surface area (Å²) in [6.45, 7) is 9.42. The molecule has 1 atom stereocenters. The molecular weight excluding hydrogens is 430 g/mol. The number of thioether (sulfide) groups is 1. The molecule has 1 aliphatic heterocycles. The minimum Gasteiger partial charge on any atom is -0.376 e. The second-order valence-electron chi connectivity index (χ2n) is 9.11. The van der Waals surface area contributed by atoms with Crippen molar-refractivity contribution in [3.63, 3.8) is 0 Å². The van der Waals surface area contributed by atoms with Crippen LogP contribution in [0.5, 0.6) is 0 Å². The molecule has 2 aliphatic rings. The van der Waals surface area contributed by atoms with Crippen LogP contribution in [0.2, 0.25) is 0 Å². The maximum atomic E-state index is 13.6. The summed E-state index contributed by atoms with van der Waals surface area (Å²) >= 11 is 3.05. The predicted molar refractivity (Wildman–Crippen MR) is 127 cm³/mol. The lowest BCUT2D eigenvalue weighted by molar-refractivity contribution is -0.131. The van der Waals surface area contributed by atoms with Gasteiger partial charge in [-0.1, -0.05) is 11.8 Å². The minimum atomic E-state index is 0.0411. The van der Waals surface area contributed by atoms with Gasteiger partial charge in [0.25, 0.3) is 5.56 Å². The number of amides is 1. The Kier molecular flexibility index (Phi) is 7.08. The van der Waals surface area contributed by atoms with E-state index < -0.39 is 0 Å². The zero-order valence-electron chi connectivity index (χ0n) is 19.0. The fourth-order valence-corrected chi connectivity index (χ4v) is 7.04. The molecule has 0 unspecified atom stereocenters. The van der Waals surface area contributed by atoms with Crippen LogP contribution in [-0.2, 0) is 28.9 Å². The van der Waals surface area contributed by atoms with E-state index in [1.165, 1.54) is 28.6 Å². The lowest BCUT2D eigenvalue weighted by atomic mass is 9.97. The SMILES string of the molecule is CC(C)N(C(=O)CSc1nc2sc3c(c2c(=O)n1C[C@@H]1CCCO1)CCCC3)C(C)C. The Labute approximate surface area is 192 Å². The van der Waals surface area contributed by atoms with Crippen LogP contribution in [0.15, 0.2) is 9.95 Å². The Morgan fingerprint density at radius 2 is 1.97 bits per heavy atom. The number of fused-ring (bicyclic) bond motifs is 3. The van der Waals surface area contributed by atoms with Gasteiger partial charge >= 0.3 is 0 Å². The number of carbonyl (C=O) groups excluding carboxylic acids is 1. The van der Waals surface area contributed by atoms with Gasteiger partial charge < -0.3 is 9.64 Å². The molecule has 3 heterocycles. The third-order valence-electron chi connectivity index (χ3n) is 6.18. The van der Waals surface area contributed by atoms with Gasteiger partial charge in [0, 0.05) is 23.6 Å². The van der Waals surface area contributed by atoms with Crippen LogP contribution in [-0.4, -0.2) is 50.9 Å². The molecule has 1 fully saturated rings. The van der Waals surface area contributed by atoms with Crippen LogP contribution in [0.3, 0.4) is 0 Å². The molecule has 0 saturated carbocycles. The number of aromatic nitrogens is 2. The molecule has 2 aromatic heterocycles. The molecule has 1 amide bonds. The van der Waals surface area contributed by atoms with Crippen molar-refractivity contribution in [1.82, 2.24) is 14.5 Å². The molecule has 2 aromatic rings. The Morgan fingerprint density at radius 1 is 1.23 bits per heavy atom. The van der Waals surface area contributed by atoms with Crippen LogP contribution in [0.4, 0.5) is 0 Å². The highest BCUT2D eigenvalue weighted by atomic mass is 32.2. The number of hydrogen-bond acceptors (Lipinski definition) is 6. The summed E-state index contributed by atoms with van der Waals surface area (Å²) in [5.41, 5.74) is 1.25. The van der Waals surface area contributed by atoms with E-state index in [0.29, 0.717) is 11.7 Å². The van der Waals surface area contributed by atoms with Gasteiger partial charge in [0.1, 0.15) is 4.83 Å². The zero-order valence-corrected chi connectivity index (χ0v) is 20.6. The van der Waals surface area contributed by atoms with Crippen molar-refractivity contribution in [2.24, 2.45) is 0 Å². The normalized spacial score (nSPS) is 18.8. The van der Waals surface area contributed by atoms with Crippen LogP contribution in [0, 0.1) is 0 Å². The highest BCUT2D eigenvalue weighted by Gasteiger charge is 2.26. The van der Waals surface area contributed by atoms with E-state index in [4.69, 9.17) is 9.72 Å². The third kappa shape index (κ3) is 4.71. The number of carbonyl (C=O) groups is 1. The second-order valence-corrected chi connectivity index (χ2v) is 11.1. The van der Waals surface area contributed by atoms with Gasteiger partial charge in [-0.15, -0.1) is 11.3 Å². The monoisotopic (exact) mass is 463 g/mol. The van der Waals surface area contributed by atoms with E-state index >= 15 is 0 Å². The number of ether oxygens (including phenoxy) is 1. The Balaban J connectivity index is 1.69. The van der Waals surface area contributed by atoms with Gasteiger partial charge in [-0.25, -0.2) is 4.98 Å². The first-order valence-electron chi connectivity index (χ1n) is 11.5. The van der Waals surface area contributed by atoms with Crippen molar-refractivity contribution in [3.05, 3.63) is 20.8 Å². The molecule has 0 aromatic carbocycles. The second kappa shape index (κ2) is 9.63. The average Bonchev–Trinajstić information content (AvgIpc) is 3.35. The van der Waals surface area contributed by atoms with Crippen molar-refractivity contribution in [2.45, 2.75) is 96.1 Å². The molecule has 31 heavy (non-hydrogen) atoms. The van der Waals surface area contributed by atoms with E-state index in [9.17, 15) is 9.59 Å². The molecular formula is C23H33N3O3S2. The summed E-state index contributed by atoms with van der Waals surface area (Å²) in [5.74, 6) is 0.365. The number of nitrogens with zero attached hydrogens (tertiary/aromatic N) is 3. The summed E-state index contributed by atoms with van der Waals surface area (Å²) in [6, 6.07) is 0.281. The highest BCUT2D eigenvalue weighted by Crippen LogP contribution is 2.35. The number of hydrogen-bond donors (Lipinski definition) is 0. The van der Waals surface area contributed by atoms with Gasteiger partial charge in [0.05, 0.1) is 23.8 Å². The van der Waals surface area contributed by atoms with Crippen molar-refractivity contribution >= 4 is 39.2 Å². The van der Waals surface area contributed by atoms with Crippen molar-refractivity contribution in [1.29, 1.82) is 0 Å². The predicted octanol–water partition coefficient (Wildman–Crippen LogP) is 4.25. The Hall–Kier alpha value is -1.38. The molecule has 1 saturated heterocycles.